The fourth-order valence-electron chi connectivity index (χ4n) is 5.46. The minimum atomic E-state index is -4.43. The smallest absolute Gasteiger partial charge is 0.416 e. The normalized spacial score (nSPS) is 16.7. The number of piperidine rings is 1. The maximum absolute atomic E-state index is 13.3. The number of rotatable bonds is 7. The first kappa shape index (κ1) is 26.6. The highest BCUT2D eigenvalue weighted by Crippen LogP contribution is 2.37. The maximum atomic E-state index is 13.3. The number of likely N-dealkylation sites (tertiary alicyclic amines) is 1. The molecule has 0 atom stereocenters. The highest BCUT2D eigenvalue weighted by molar-refractivity contribution is 7.17. The van der Waals surface area contributed by atoms with Crippen LogP contribution < -0.4 is 20.3 Å². The number of nitrogens with zero attached hydrogens (tertiary/aromatic N) is 4. The van der Waals surface area contributed by atoms with Gasteiger partial charge in [-0.3, -0.25) is 0 Å². The summed E-state index contributed by atoms with van der Waals surface area (Å²) >= 11 is 1.46. The van der Waals surface area contributed by atoms with Gasteiger partial charge in [0.05, 0.1) is 23.7 Å². The van der Waals surface area contributed by atoms with Gasteiger partial charge in [-0.05, 0) is 80.6 Å². The number of anilines is 5. The van der Waals surface area contributed by atoms with Crippen molar-refractivity contribution < 1.29 is 17.9 Å². The van der Waals surface area contributed by atoms with E-state index in [0.717, 1.165) is 71.0 Å². The zero-order valence-corrected chi connectivity index (χ0v) is 23.2. The first-order valence-electron chi connectivity index (χ1n) is 13.4. The monoisotopic (exact) mass is 568 g/mol. The average Bonchev–Trinajstić information content (AvgIpc) is 3.28. The molecule has 0 bridgehead atoms. The Kier molecular flexibility index (Phi) is 7.18. The third kappa shape index (κ3) is 5.40. The lowest BCUT2D eigenvalue weighted by Crippen LogP contribution is -2.50. The SMILES string of the molecule is COc1cc(Nc2nc(Nc3cccc(C(F)(F)F)c3)c3c(C)csc3n2)ccc1N1CCC(N2CCC2)CC1. The van der Waals surface area contributed by atoms with E-state index in [1.54, 1.807) is 13.2 Å². The molecule has 0 radical (unpaired) electrons. The molecular formula is C29H31F3N6OS. The van der Waals surface area contributed by atoms with Crippen LogP contribution in [0.1, 0.15) is 30.4 Å². The lowest BCUT2D eigenvalue weighted by molar-refractivity contribution is -0.137. The Bertz CT molecular complexity index is 1510. The summed E-state index contributed by atoms with van der Waals surface area (Å²) in [5.41, 5.74) is 2.35. The Balaban J connectivity index is 1.24. The van der Waals surface area contributed by atoms with Crippen LogP contribution in [0.5, 0.6) is 5.75 Å². The van der Waals surface area contributed by atoms with Crippen molar-refractivity contribution in [2.75, 3.05) is 48.8 Å². The summed E-state index contributed by atoms with van der Waals surface area (Å²) in [6.07, 6.45) is -0.814. The van der Waals surface area contributed by atoms with Crippen LogP contribution in [0.3, 0.4) is 0 Å². The number of thiophene rings is 1. The Morgan fingerprint density at radius 1 is 0.975 bits per heavy atom. The summed E-state index contributed by atoms with van der Waals surface area (Å²) in [6.45, 7) is 6.37. The van der Waals surface area contributed by atoms with Gasteiger partial charge in [-0.1, -0.05) is 6.07 Å². The van der Waals surface area contributed by atoms with Gasteiger partial charge in [0, 0.05) is 36.6 Å². The molecule has 2 aliphatic rings. The Labute approximate surface area is 235 Å². The second kappa shape index (κ2) is 10.8. The molecule has 2 aliphatic heterocycles. The number of fused-ring (bicyclic) bond motifs is 1. The van der Waals surface area contributed by atoms with Gasteiger partial charge in [-0.15, -0.1) is 11.3 Å². The minimum absolute atomic E-state index is 0.301. The van der Waals surface area contributed by atoms with Crippen LogP contribution in [0.2, 0.25) is 0 Å². The fraction of sp³-hybridized carbons (Fsp3) is 0.379. The summed E-state index contributed by atoms with van der Waals surface area (Å²) < 4.78 is 45.6. The topological polar surface area (TPSA) is 65.5 Å². The first-order valence-corrected chi connectivity index (χ1v) is 14.3. The molecular weight excluding hydrogens is 537 g/mol. The summed E-state index contributed by atoms with van der Waals surface area (Å²) in [4.78, 5) is 15.0. The molecule has 210 valence electrons. The van der Waals surface area contributed by atoms with Gasteiger partial charge < -0.3 is 25.2 Å². The molecule has 0 amide bonds. The van der Waals surface area contributed by atoms with Gasteiger partial charge in [0.25, 0.3) is 0 Å². The number of benzene rings is 2. The van der Waals surface area contributed by atoms with E-state index in [2.05, 4.69) is 36.5 Å². The molecule has 7 nitrogen and oxygen atoms in total. The van der Waals surface area contributed by atoms with Crippen LogP contribution in [0.4, 0.5) is 42.0 Å². The van der Waals surface area contributed by atoms with Crippen molar-refractivity contribution in [3.63, 3.8) is 0 Å². The number of alkyl halides is 3. The Hall–Kier alpha value is -3.57. The van der Waals surface area contributed by atoms with Crippen molar-refractivity contribution in [1.29, 1.82) is 0 Å². The number of methoxy groups -OCH3 is 1. The van der Waals surface area contributed by atoms with Gasteiger partial charge in [-0.25, -0.2) is 4.98 Å². The second-order valence-electron chi connectivity index (χ2n) is 10.3. The van der Waals surface area contributed by atoms with E-state index in [-0.39, 0.29) is 0 Å². The van der Waals surface area contributed by atoms with E-state index in [1.165, 1.54) is 36.9 Å². The van der Waals surface area contributed by atoms with Gasteiger partial charge in [0.15, 0.2) is 0 Å². The standard InChI is InChI=1S/C29H31F3N6OS/c1-18-17-40-27-25(18)26(33-20-6-3-5-19(15-20)29(30,31)32)35-28(36-27)34-21-7-8-23(24(16-21)39-2)38-13-9-22(10-14-38)37-11-4-12-37/h3,5-8,15-17,22H,4,9-14H2,1-2H3,(H2,33,34,35,36). The molecule has 0 saturated carbocycles. The quantitative estimate of drug-likeness (QED) is 0.245. The number of halogens is 3. The Morgan fingerprint density at radius 2 is 1.75 bits per heavy atom. The minimum Gasteiger partial charge on any atom is -0.495 e. The number of aryl methyl sites for hydroxylation is 1. The van der Waals surface area contributed by atoms with Crippen LogP contribution in [-0.4, -0.2) is 54.2 Å². The van der Waals surface area contributed by atoms with Gasteiger partial charge in [0.1, 0.15) is 16.4 Å². The number of hydrogen-bond acceptors (Lipinski definition) is 8. The van der Waals surface area contributed by atoms with E-state index < -0.39 is 11.7 Å². The second-order valence-corrected chi connectivity index (χ2v) is 11.2. The lowest BCUT2D eigenvalue weighted by atomic mass is 9.99. The predicted octanol–water partition coefficient (Wildman–Crippen LogP) is 7.19. The largest absolute Gasteiger partial charge is 0.495 e. The number of hydrogen-bond donors (Lipinski definition) is 2. The number of ether oxygens (including phenoxy) is 1. The molecule has 4 aromatic rings. The molecule has 2 saturated heterocycles. The van der Waals surface area contributed by atoms with Gasteiger partial charge in [-0.2, -0.15) is 18.2 Å². The van der Waals surface area contributed by atoms with E-state index in [9.17, 15) is 13.2 Å². The molecule has 0 unspecified atom stereocenters. The third-order valence-corrected chi connectivity index (χ3v) is 8.71. The first-order chi connectivity index (χ1) is 19.3. The third-order valence-electron chi connectivity index (χ3n) is 7.72. The zero-order valence-electron chi connectivity index (χ0n) is 22.4. The van der Waals surface area contributed by atoms with Crippen LogP contribution in [0.15, 0.2) is 47.8 Å². The highest BCUT2D eigenvalue weighted by Gasteiger charge is 2.31. The van der Waals surface area contributed by atoms with Crippen molar-refractivity contribution >= 4 is 50.4 Å². The van der Waals surface area contributed by atoms with Crippen molar-refractivity contribution in [1.82, 2.24) is 14.9 Å². The van der Waals surface area contributed by atoms with Crippen LogP contribution in [-0.2, 0) is 6.18 Å². The lowest BCUT2D eigenvalue weighted by Gasteiger charge is -2.43. The van der Waals surface area contributed by atoms with E-state index in [4.69, 9.17) is 4.74 Å². The van der Waals surface area contributed by atoms with E-state index >= 15 is 0 Å². The summed E-state index contributed by atoms with van der Waals surface area (Å²) in [5, 5.41) is 9.10. The molecule has 11 heteroatoms. The molecule has 0 aliphatic carbocycles. The van der Waals surface area contributed by atoms with Crippen molar-refractivity contribution in [2.45, 2.75) is 38.4 Å². The van der Waals surface area contributed by atoms with Gasteiger partial charge >= 0.3 is 6.18 Å². The molecule has 6 rings (SSSR count). The zero-order chi connectivity index (χ0) is 27.9. The summed E-state index contributed by atoms with van der Waals surface area (Å²) in [5.74, 6) is 1.55. The molecule has 0 spiro atoms. The van der Waals surface area contributed by atoms with Crippen LogP contribution >= 0.6 is 11.3 Å². The van der Waals surface area contributed by atoms with Crippen molar-refractivity contribution in [2.24, 2.45) is 0 Å². The number of nitrogens with one attached hydrogen (secondary N) is 2. The maximum Gasteiger partial charge on any atom is 0.416 e. The highest BCUT2D eigenvalue weighted by atomic mass is 32.1. The molecule has 2 fully saturated rings. The summed E-state index contributed by atoms with van der Waals surface area (Å²) in [6, 6.07) is 11.8. The Morgan fingerprint density at radius 3 is 2.45 bits per heavy atom. The molecule has 2 aromatic heterocycles. The molecule has 2 aromatic carbocycles. The van der Waals surface area contributed by atoms with Crippen LogP contribution in [0.25, 0.3) is 10.2 Å². The van der Waals surface area contributed by atoms with Crippen LogP contribution in [0, 0.1) is 6.92 Å². The average molecular weight is 569 g/mol. The van der Waals surface area contributed by atoms with Crippen molar-refractivity contribution in [3.8, 4) is 5.75 Å². The predicted molar refractivity (Wildman–Crippen MR) is 155 cm³/mol. The van der Waals surface area contributed by atoms with E-state index in [0.29, 0.717) is 23.5 Å². The van der Waals surface area contributed by atoms with Gasteiger partial charge in [0.2, 0.25) is 5.95 Å². The fourth-order valence-corrected chi connectivity index (χ4v) is 6.38. The van der Waals surface area contributed by atoms with E-state index in [1.807, 2.05) is 24.4 Å². The molecule has 40 heavy (non-hydrogen) atoms. The summed E-state index contributed by atoms with van der Waals surface area (Å²) in [7, 11) is 1.67. The molecule has 4 heterocycles. The van der Waals surface area contributed by atoms with Crippen molar-refractivity contribution in [3.05, 3.63) is 59.0 Å². The number of aromatic nitrogens is 2. The molecule has 2 N–H and O–H groups in total.